The van der Waals surface area contributed by atoms with Crippen LogP contribution < -0.4 is 16.0 Å². The van der Waals surface area contributed by atoms with Gasteiger partial charge >= 0.3 is 11.9 Å². The Balaban J connectivity index is 1.74. The standard InChI is InChI=1S/C53H85N7O13S2/c1-14-33(6)46(39(71-11)28-42(62)60-24-18-21-38(60)47(72-12)34(7)48(65)55-37(53(70)73-13)27-36-19-16-15-17-20-36)58(10)52(69)44(31(2)3)56-49(66)45(32(4)5)57(9)50(67)35(8)54-41(61)22-25-59(26-23-43(63)64)51(68)40-29-74-30-75-40/h15-17,19-20,31-35,37-40,44-47H,14,18,21-30H2,1-13H3,(H,54,61)(H,55,65)(H,56,66)(H,63,64)/t33-,34+,35?,37-,38-,39+,40?,44-,45+,46-,47+/m0/s1. The van der Waals surface area contributed by atoms with Gasteiger partial charge in [-0.05, 0) is 43.1 Å². The van der Waals surface area contributed by atoms with Crippen LogP contribution in [0.25, 0.3) is 0 Å². The van der Waals surface area contributed by atoms with E-state index in [2.05, 4.69) is 16.0 Å². The number of carboxylic acids is 1. The van der Waals surface area contributed by atoms with Gasteiger partial charge in [-0.2, -0.15) is 0 Å². The maximum absolute atomic E-state index is 14.7. The third kappa shape index (κ3) is 18.4. The number of likely N-dealkylation sites (tertiary alicyclic amines) is 1. The Morgan fingerprint density at radius 1 is 0.813 bits per heavy atom. The van der Waals surface area contributed by atoms with Gasteiger partial charge in [0.05, 0.1) is 55.4 Å². The van der Waals surface area contributed by atoms with Gasteiger partial charge in [-0.1, -0.05) is 85.2 Å². The Bertz CT molecular complexity index is 2080. The SMILES string of the molecule is CC[C@H](C)[C@@H]([C@@H](CC(=O)N1CCC[C@H]1[C@H](OC)[C@@H](C)C(=O)N[C@@H](Cc1ccccc1)C(=O)OC)OC)N(C)C(=O)[C@@H](NC(=O)[C@@H](C(C)C)N(C)C(=O)C(C)NC(=O)CCN(CCC(=O)O)C(=O)C1CSCS1)C(C)C. The molecule has 2 fully saturated rings. The molecule has 7 amide bonds. The minimum atomic E-state index is -1.07. The lowest BCUT2D eigenvalue weighted by Crippen LogP contribution is -2.61. The molecule has 0 spiro atoms. The fourth-order valence-corrected chi connectivity index (χ4v) is 12.7. The number of carbonyl (C=O) groups excluding carboxylic acids is 8. The highest BCUT2D eigenvalue weighted by molar-refractivity contribution is 8.19. The molecule has 2 saturated heterocycles. The van der Waals surface area contributed by atoms with E-state index in [1.54, 1.807) is 63.2 Å². The first-order valence-electron chi connectivity index (χ1n) is 26.0. The number of thioether (sulfide) groups is 2. The molecule has 2 heterocycles. The van der Waals surface area contributed by atoms with E-state index in [4.69, 9.17) is 14.2 Å². The zero-order valence-electron chi connectivity index (χ0n) is 46.3. The van der Waals surface area contributed by atoms with Crippen molar-refractivity contribution in [3.05, 3.63) is 35.9 Å². The van der Waals surface area contributed by atoms with Crippen molar-refractivity contribution in [2.75, 3.05) is 65.9 Å². The van der Waals surface area contributed by atoms with Gasteiger partial charge in [0, 0.05) is 71.6 Å². The summed E-state index contributed by atoms with van der Waals surface area (Å²) in [6.07, 6.45) is 0.0171. The molecule has 2 aliphatic rings. The van der Waals surface area contributed by atoms with Crippen LogP contribution in [0.15, 0.2) is 30.3 Å². The molecular weight excluding hydrogens is 1010 g/mol. The van der Waals surface area contributed by atoms with Gasteiger partial charge < -0.3 is 54.9 Å². The lowest BCUT2D eigenvalue weighted by atomic mass is 9.89. The fourth-order valence-electron chi connectivity index (χ4n) is 9.99. The molecule has 4 N–H and O–H groups in total. The number of nitrogens with zero attached hydrogens (tertiary/aromatic N) is 4. The zero-order valence-corrected chi connectivity index (χ0v) is 48.0. The largest absolute Gasteiger partial charge is 0.481 e. The highest BCUT2D eigenvalue weighted by Crippen LogP contribution is 2.32. The Morgan fingerprint density at radius 3 is 2.01 bits per heavy atom. The molecule has 1 aromatic rings. The van der Waals surface area contributed by atoms with Crippen molar-refractivity contribution in [3.63, 3.8) is 0 Å². The first-order chi connectivity index (χ1) is 35.4. The Labute approximate surface area is 452 Å². The number of esters is 1. The monoisotopic (exact) mass is 1090 g/mol. The summed E-state index contributed by atoms with van der Waals surface area (Å²) in [6.45, 7) is 14.6. The average Bonchev–Trinajstić information content (AvgIpc) is 4.11. The molecule has 2 aliphatic heterocycles. The number of rotatable bonds is 30. The predicted molar refractivity (Wildman–Crippen MR) is 288 cm³/mol. The molecule has 20 nitrogen and oxygen atoms in total. The van der Waals surface area contributed by atoms with E-state index in [0.29, 0.717) is 31.6 Å². The van der Waals surface area contributed by atoms with Crippen molar-refractivity contribution in [2.24, 2.45) is 23.7 Å². The molecule has 2 unspecified atom stereocenters. The van der Waals surface area contributed by atoms with Crippen molar-refractivity contribution >= 4 is 76.8 Å². The summed E-state index contributed by atoms with van der Waals surface area (Å²) in [5.74, 6) is -5.85. The van der Waals surface area contributed by atoms with Crippen molar-refractivity contribution in [2.45, 2.75) is 154 Å². The summed E-state index contributed by atoms with van der Waals surface area (Å²) in [5.41, 5.74) is 0.840. The second-order valence-corrected chi connectivity index (χ2v) is 23.0. The highest BCUT2D eigenvalue weighted by atomic mass is 32.2. The van der Waals surface area contributed by atoms with E-state index >= 15 is 0 Å². The van der Waals surface area contributed by atoms with Gasteiger partial charge in [-0.25, -0.2) is 4.79 Å². The lowest BCUT2D eigenvalue weighted by molar-refractivity contribution is -0.149. The molecule has 0 aliphatic carbocycles. The van der Waals surface area contributed by atoms with Crippen LogP contribution in [0.2, 0.25) is 0 Å². The predicted octanol–water partition coefficient (Wildman–Crippen LogP) is 3.44. The number of likely N-dealkylation sites (N-methyl/N-ethyl adjacent to an activating group) is 2. The smallest absolute Gasteiger partial charge is 0.328 e. The maximum Gasteiger partial charge on any atom is 0.328 e. The van der Waals surface area contributed by atoms with Crippen molar-refractivity contribution in [1.29, 1.82) is 0 Å². The summed E-state index contributed by atoms with van der Waals surface area (Å²) in [5, 5.41) is 18.1. The molecule has 22 heteroatoms. The first-order valence-corrected chi connectivity index (χ1v) is 28.2. The highest BCUT2D eigenvalue weighted by Gasteiger charge is 2.44. The maximum atomic E-state index is 14.7. The Kier molecular flexibility index (Phi) is 26.9. The normalized spacial score (nSPS) is 19.1. The third-order valence-corrected chi connectivity index (χ3v) is 17.2. The number of hydrogen-bond acceptors (Lipinski definition) is 14. The number of ether oxygens (including phenoxy) is 3. The van der Waals surface area contributed by atoms with E-state index < -0.39 is 108 Å². The molecule has 422 valence electrons. The van der Waals surface area contributed by atoms with Crippen LogP contribution in [0.5, 0.6) is 0 Å². The summed E-state index contributed by atoms with van der Waals surface area (Å²) >= 11 is 3.09. The van der Waals surface area contributed by atoms with Crippen molar-refractivity contribution in [3.8, 4) is 0 Å². The number of nitrogens with one attached hydrogen (secondary N) is 3. The van der Waals surface area contributed by atoms with Crippen molar-refractivity contribution < 1.29 is 62.5 Å². The van der Waals surface area contributed by atoms with Crippen LogP contribution in [-0.4, -0.2) is 198 Å². The number of aliphatic carboxylic acids is 1. The van der Waals surface area contributed by atoms with Crippen LogP contribution in [0.3, 0.4) is 0 Å². The van der Waals surface area contributed by atoms with E-state index in [1.807, 2.05) is 44.2 Å². The third-order valence-electron chi connectivity index (χ3n) is 14.4. The second-order valence-electron chi connectivity index (χ2n) is 20.4. The van der Waals surface area contributed by atoms with Gasteiger partial charge in [0.1, 0.15) is 24.2 Å². The molecular formula is C53H85N7O13S2. The van der Waals surface area contributed by atoms with Crippen LogP contribution >= 0.6 is 23.5 Å². The minimum Gasteiger partial charge on any atom is -0.481 e. The summed E-state index contributed by atoms with van der Waals surface area (Å²) in [6, 6.07) is 4.03. The Hall–Kier alpha value is -4.93. The lowest BCUT2D eigenvalue weighted by Gasteiger charge is -2.41. The molecule has 0 bridgehead atoms. The average molecular weight is 1090 g/mol. The molecule has 1 aromatic carbocycles. The van der Waals surface area contributed by atoms with Gasteiger partial charge in [-0.3, -0.25) is 38.4 Å². The van der Waals surface area contributed by atoms with E-state index in [-0.39, 0.29) is 61.8 Å². The van der Waals surface area contributed by atoms with Crippen LogP contribution in [0, 0.1) is 23.7 Å². The number of carboxylic acid groups (broad SMARTS) is 1. The number of amides is 7. The summed E-state index contributed by atoms with van der Waals surface area (Å²) in [4.78, 5) is 127. The molecule has 3 rings (SSSR count). The second kappa shape index (κ2) is 31.3. The van der Waals surface area contributed by atoms with E-state index in [9.17, 15) is 48.3 Å². The van der Waals surface area contributed by atoms with Gasteiger partial charge in [-0.15, -0.1) is 23.5 Å². The minimum absolute atomic E-state index is 0.0290. The molecule has 0 radical (unpaired) electrons. The molecule has 75 heavy (non-hydrogen) atoms. The molecule has 0 saturated carbocycles. The number of carbonyl (C=O) groups is 9. The van der Waals surface area contributed by atoms with E-state index in [1.165, 1.54) is 56.9 Å². The first kappa shape index (κ1) is 64.4. The summed E-state index contributed by atoms with van der Waals surface area (Å²) < 4.78 is 17.0. The van der Waals surface area contributed by atoms with Gasteiger partial charge in [0.2, 0.25) is 41.4 Å². The Morgan fingerprint density at radius 2 is 1.47 bits per heavy atom. The zero-order chi connectivity index (χ0) is 56.3. The van der Waals surface area contributed by atoms with Crippen LogP contribution in [-0.2, 0) is 63.8 Å². The number of methoxy groups -OCH3 is 3. The number of hydrogen-bond donors (Lipinski definition) is 4. The quantitative estimate of drug-likeness (QED) is 0.0806. The van der Waals surface area contributed by atoms with Gasteiger partial charge in [0.15, 0.2) is 0 Å². The fraction of sp³-hybridized carbons (Fsp3) is 0.717. The van der Waals surface area contributed by atoms with Gasteiger partial charge in [0.25, 0.3) is 0 Å². The molecule has 11 atom stereocenters. The van der Waals surface area contributed by atoms with Crippen LogP contribution in [0.1, 0.15) is 99.5 Å². The van der Waals surface area contributed by atoms with Crippen LogP contribution in [0.4, 0.5) is 0 Å². The topological polar surface area (TPSA) is 251 Å². The summed E-state index contributed by atoms with van der Waals surface area (Å²) in [7, 11) is 7.33. The number of benzene rings is 1. The van der Waals surface area contributed by atoms with Crippen molar-refractivity contribution in [1.82, 2.24) is 35.6 Å². The van der Waals surface area contributed by atoms with E-state index in [0.717, 1.165) is 10.6 Å². The molecule has 0 aromatic heterocycles.